The first-order valence-electron chi connectivity index (χ1n) is 5.37. The molecule has 0 aromatic heterocycles. The third kappa shape index (κ3) is 9.43. The number of nitrogens with two attached hydrogens (primary N) is 1. The molecular weight excluding hydrogens is 192 g/mol. The fourth-order valence-electron chi connectivity index (χ4n) is 1.16. The minimum absolute atomic E-state index is 0.553. The highest BCUT2D eigenvalue weighted by atomic mass is 16.4. The van der Waals surface area contributed by atoms with Gasteiger partial charge in [0.25, 0.3) is 0 Å². The molecule has 0 aromatic carbocycles. The van der Waals surface area contributed by atoms with Gasteiger partial charge in [-0.3, -0.25) is 4.79 Å². The standard InChI is InChI=1S/C11H22N2O2/c1-9(2)6-8-13-7-4-3-5-10(12)11(14)15/h10,13H,1,3-8,12H2,2H3,(H,14,15)/t10-/m0/s1. The fourth-order valence-corrected chi connectivity index (χ4v) is 1.16. The van der Waals surface area contributed by atoms with E-state index in [1.54, 1.807) is 0 Å². The molecule has 0 aromatic rings. The molecule has 4 N–H and O–H groups in total. The Morgan fingerprint density at radius 3 is 2.67 bits per heavy atom. The molecule has 0 saturated carbocycles. The Bertz CT molecular complexity index is 205. The van der Waals surface area contributed by atoms with E-state index in [0.29, 0.717) is 6.42 Å². The average Bonchev–Trinajstić information content (AvgIpc) is 2.15. The lowest BCUT2D eigenvalue weighted by Gasteiger charge is -2.06. The zero-order valence-electron chi connectivity index (χ0n) is 9.46. The molecular formula is C11H22N2O2. The Labute approximate surface area is 91.5 Å². The van der Waals surface area contributed by atoms with Crippen LogP contribution in [0.5, 0.6) is 0 Å². The molecule has 1 atom stereocenters. The highest BCUT2D eigenvalue weighted by molar-refractivity contribution is 5.72. The molecule has 0 fully saturated rings. The van der Waals surface area contributed by atoms with Crippen LogP contribution >= 0.6 is 0 Å². The number of carboxylic acid groups (broad SMARTS) is 1. The van der Waals surface area contributed by atoms with Crippen molar-refractivity contribution in [1.82, 2.24) is 5.32 Å². The fraction of sp³-hybridized carbons (Fsp3) is 0.727. The smallest absolute Gasteiger partial charge is 0.320 e. The van der Waals surface area contributed by atoms with E-state index in [2.05, 4.69) is 11.9 Å². The van der Waals surface area contributed by atoms with Crippen LogP contribution in [0.25, 0.3) is 0 Å². The molecule has 0 bridgehead atoms. The molecule has 4 nitrogen and oxygen atoms in total. The molecule has 0 aliphatic heterocycles. The van der Waals surface area contributed by atoms with Gasteiger partial charge in [-0.25, -0.2) is 0 Å². The normalized spacial score (nSPS) is 12.4. The van der Waals surface area contributed by atoms with E-state index >= 15 is 0 Å². The molecule has 0 spiro atoms. The first-order valence-corrected chi connectivity index (χ1v) is 5.37. The minimum atomic E-state index is -0.912. The number of hydrogen-bond donors (Lipinski definition) is 3. The van der Waals surface area contributed by atoms with E-state index in [-0.39, 0.29) is 0 Å². The highest BCUT2D eigenvalue weighted by Crippen LogP contribution is 1.98. The molecule has 0 unspecified atom stereocenters. The molecule has 0 aliphatic rings. The number of carbonyl (C=O) groups is 1. The van der Waals surface area contributed by atoms with Crippen LogP contribution in [0.15, 0.2) is 12.2 Å². The van der Waals surface area contributed by atoms with Gasteiger partial charge in [0.2, 0.25) is 0 Å². The minimum Gasteiger partial charge on any atom is -0.480 e. The van der Waals surface area contributed by atoms with Crippen LogP contribution in [-0.2, 0) is 4.79 Å². The first kappa shape index (κ1) is 14.1. The lowest BCUT2D eigenvalue weighted by Crippen LogP contribution is -2.30. The summed E-state index contributed by atoms with van der Waals surface area (Å²) in [6.07, 6.45) is 3.37. The van der Waals surface area contributed by atoms with E-state index < -0.39 is 12.0 Å². The van der Waals surface area contributed by atoms with Gasteiger partial charge in [0.05, 0.1) is 0 Å². The van der Waals surface area contributed by atoms with Gasteiger partial charge in [0.1, 0.15) is 6.04 Å². The summed E-state index contributed by atoms with van der Waals surface area (Å²) in [4.78, 5) is 10.4. The summed E-state index contributed by atoms with van der Waals surface area (Å²) in [6.45, 7) is 7.68. The van der Waals surface area contributed by atoms with Gasteiger partial charge in [0.15, 0.2) is 0 Å². The van der Waals surface area contributed by atoms with E-state index in [1.165, 1.54) is 5.57 Å². The van der Waals surface area contributed by atoms with Crippen LogP contribution < -0.4 is 11.1 Å². The Morgan fingerprint density at radius 2 is 2.13 bits per heavy atom. The zero-order valence-corrected chi connectivity index (χ0v) is 9.46. The van der Waals surface area contributed by atoms with Crippen LogP contribution in [-0.4, -0.2) is 30.2 Å². The maximum atomic E-state index is 10.4. The quantitative estimate of drug-likeness (QED) is 0.397. The van der Waals surface area contributed by atoms with Gasteiger partial charge in [0, 0.05) is 0 Å². The number of aliphatic carboxylic acids is 1. The number of unbranched alkanes of at least 4 members (excludes halogenated alkanes) is 1. The topological polar surface area (TPSA) is 75.3 Å². The van der Waals surface area contributed by atoms with Crippen molar-refractivity contribution >= 4 is 5.97 Å². The van der Waals surface area contributed by atoms with Crippen molar-refractivity contribution in [2.24, 2.45) is 5.73 Å². The largest absolute Gasteiger partial charge is 0.480 e. The van der Waals surface area contributed by atoms with Gasteiger partial charge in [-0.05, 0) is 39.3 Å². The molecule has 15 heavy (non-hydrogen) atoms. The van der Waals surface area contributed by atoms with Crippen molar-refractivity contribution in [2.75, 3.05) is 13.1 Å². The van der Waals surface area contributed by atoms with E-state index in [1.807, 2.05) is 6.92 Å². The van der Waals surface area contributed by atoms with E-state index in [4.69, 9.17) is 10.8 Å². The van der Waals surface area contributed by atoms with Gasteiger partial charge in [-0.2, -0.15) is 0 Å². The van der Waals surface area contributed by atoms with Crippen molar-refractivity contribution < 1.29 is 9.90 Å². The second kappa shape index (κ2) is 8.44. The van der Waals surface area contributed by atoms with Crippen molar-refractivity contribution in [3.05, 3.63) is 12.2 Å². The average molecular weight is 214 g/mol. The lowest BCUT2D eigenvalue weighted by atomic mass is 10.1. The summed E-state index contributed by atoms with van der Waals surface area (Å²) in [5.74, 6) is -0.912. The molecule has 0 rings (SSSR count). The first-order chi connectivity index (χ1) is 7.04. The van der Waals surface area contributed by atoms with Crippen LogP contribution in [0.4, 0.5) is 0 Å². The summed E-state index contributed by atoms with van der Waals surface area (Å²) < 4.78 is 0. The lowest BCUT2D eigenvalue weighted by molar-refractivity contribution is -0.138. The molecule has 0 heterocycles. The van der Waals surface area contributed by atoms with Crippen molar-refractivity contribution in [3.8, 4) is 0 Å². The highest BCUT2D eigenvalue weighted by Gasteiger charge is 2.09. The van der Waals surface area contributed by atoms with Crippen molar-refractivity contribution in [2.45, 2.75) is 38.6 Å². The van der Waals surface area contributed by atoms with Gasteiger partial charge >= 0.3 is 5.97 Å². The van der Waals surface area contributed by atoms with Crippen LogP contribution in [0.1, 0.15) is 32.6 Å². The summed E-state index contributed by atoms with van der Waals surface area (Å²) in [6, 6.07) is -0.708. The summed E-state index contributed by atoms with van der Waals surface area (Å²) in [5.41, 5.74) is 6.54. The van der Waals surface area contributed by atoms with Crippen LogP contribution in [0.2, 0.25) is 0 Å². The van der Waals surface area contributed by atoms with E-state index in [9.17, 15) is 4.79 Å². The zero-order chi connectivity index (χ0) is 11.7. The molecule has 0 radical (unpaired) electrons. The van der Waals surface area contributed by atoms with Crippen molar-refractivity contribution in [1.29, 1.82) is 0 Å². The van der Waals surface area contributed by atoms with Gasteiger partial charge in [-0.1, -0.05) is 12.0 Å². The molecule has 4 heteroatoms. The van der Waals surface area contributed by atoms with Gasteiger partial charge < -0.3 is 16.2 Å². The van der Waals surface area contributed by atoms with Crippen molar-refractivity contribution in [3.63, 3.8) is 0 Å². The number of hydrogen-bond acceptors (Lipinski definition) is 3. The third-order valence-corrected chi connectivity index (χ3v) is 2.16. The second-order valence-corrected chi connectivity index (χ2v) is 3.90. The molecule has 0 amide bonds. The SMILES string of the molecule is C=C(C)CCNCCCC[C@H](N)C(=O)O. The predicted octanol–water partition coefficient (Wildman–Crippen LogP) is 1.12. The second-order valence-electron chi connectivity index (χ2n) is 3.90. The maximum absolute atomic E-state index is 10.4. The van der Waals surface area contributed by atoms with Crippen LogP contribution in [0, 0.1) is 0 Å². The number of nitrogens with one attached hydrogen (secondary N) is 1. The van der Waals surface area contributed by atoms with Gasteiger partial charge in [-0.15, -0.1) is 6.58 Å². The Hall–Kier alpha value is -0.870. The molecule has 0 aliphatic carbocycles. The van der Waals surface area contributed by atoms with Crippen LogP contribution in [0.3, 0.4) is 0 Å². The summed E-state index contributed by atoms with van der Waals surface area (Å²) >= 11 is 0. The molecule has 0 saturated heterocycles. The Morgan fingerprint density at radius 1 is 1.47 bits per heavy atom. The van der Waals surface area contributed by atoms with E-state index in [0.717, 1.165) is 32.4 Å². The Kier molecular flexibility index (Phi) is 7.95. The third-order valence-electron chi connectivity index (χ3n) is 2.16. The Balaban J connectivity index is 3.18. The summed E-state index contributed by atoms with van der Waals surface area (Å²) in [5, 5.41) is 11.8. The number of rotatable bonds is 9. The number of carboxylic acids is 1. The molecule has 88 valence electrons. The maximum Gasteiger partial charge on any atom is 0.320 e. The monoisotopic (exact) mass is 214 g/mol. The summed E-state index contributed by atoms with van der Waals surface area (Å²) in [7, 11) is 0. The predicted molar refractivity (Wildman–Crippen MR) is 61.8 cm³/mol.